The summed E-state index contributed by atoms with van der Waals surface area (Å²) in [5.74, 6) is 2.38. The number of benzene rings is 1. The molecule has 0 unspecified atom stereocenters. The van der Waals surface area contributed by atoms with Gasteiger partial charge in [0.05, 0.1) is 20.8 Å². The summed E-state index contributed by atoms with van der Waals surface area (Å²) >= 11 is 0. The van der Waals surface area contributed by atoms with Crippen molar-refractivity contribution in [3.05, 3.63) is 23.8 Å². The van der Waals surface area contributed by atoms with E-state index in [1.807, 2.05) is 18.2 Å². The van der Waals surface area contributed by atoms with E-state index in [1.54, 1.807) is 14.2 Å². The molecule has 0 spiro atoms. The molecule has 2 N–H and O–H groups in total. The molecule has 0 saturated heterocycles. The van der Waals surface area contributed by atoms with E-state index in [1.165, 1.54) is 0 Å². The van der Waals surface area contributed by atoms with Gasteiger partial charge in [-0.15, -0.1) is 0 Å². The highest BCUT2D eigenvalue weighted by Gasteiger charge is 2.12. The molecule has 6 nitrogen and oxygen atoms in total. The quantitative estimate of drug-likeness (QED) is 0.494. The van der Waals surface area contributed by atoms with E-state index in [4.69, 9.17) is 9.47 Å². The van der Waals surface area contributed by atoms with E-state index in [2.05, 4.69) is 55.1 Å². The van der Waals surface area contributed by atoms with Crippen molar-refractivity contribution in [3.8, 4) is 11.5 Å². The molecule has 0 saturated carbocycles. The van der Waals surface area contributed by atoms with Crippen LogP contribution in [-0.4, -0.2) is 56.8 Å². The molecule has 0 fully saturated rings. The minimum absolute atomic E-state index is 0.528. The van der Waals surface area contributed by atoms with Crippen LogP contribution in [-0.2, 0) is 6.54 Å². The van der Waals surface area contributed by atoms with Crippen LogP contribution in [0.25, 0.3) is 0 Å². The Balaban J connectivity index is 2.71. The van der Waals surface area contributed by atoms with Gasteiger partial charge in [-0.3, -0.25) is 4.90 Å². The zero-order valence-corrected chi connectivity index (χ0v) is 17.4. The molecule has 0 amide bonds. The Labute approximate surface area is 159 Å². The molecule has 6 heteroatoms. The van der Waals surface area contributed by atoms with Crippen molar-refractivity contribution in [1.29, 1.82) is 0 Å². The number of rotatable bonds is 10. The van der Waals surface area contributed by atoms with E-state index < -0.39 is 0 Å². The maximum atomic E-state index is 5.45. The second-order valence-electron chi connectivity index (χ2n) is 6.73. The number of nitrogens with zero attached hydrogens (tertiary/aromatic N) is 2. The number of aliphatic imine (C=N–C) groups is 1. The zero-order chi connectivity index (χ0) is 19.5. The standard InChI is InChI=1S/C20H36N4O2/c1-8-21-20(22-11-12-24(15(2)3)16(4)5)23-14-17-9-10-18(25-6)13-19(17)26-7/h9-10,13,15-16H,8,11-12,14H2,1-7H3,(H2,21,22,23). The van der Waals surface area contributed by atoms with Crippen LogP contribution in [0.4, 0.5) is 0 Å². The molecule has 1 aromatic rings. The van der Waals surface area contributed by atoms with Crippen LogP contribution in [0, 0.1) is 0 Å². The highest BCUT2D eigenvalue weighted by molar-refractivity contribution is 5.79. The minimum Gasteiger partial charge on any atom is -0.497 e. The molecule has 0 heterocycles. The van der Waals surface area contributed by atoms with Crippen LogP contribution in [0.15, 0.2) is 23.2 Å². The summed E-state index contributed by atoms with van der Waals surface area (Å²) in [5.41, 5.74) is 1.02. The van der Waals surface area contributed by atoms with Gasteiger partial charge in [0, 0.05) is 43.3 Å². The molecule has 26 heavy (non-hydrogen) atoms. The van der Waals surface area contributed by atoms with Crippen LogP contribution < -0.4 is 20.1 Å². The summed E-state index contributed by atoms with van der Waals surface area (Å²) in [7, 11) is 3.31. The number of ether oxygens (including phenoxy) is 2. The predicted molar refractivity (Wildman–Crippen MR) is 109 cm³/mol. The largest absolute Gasteiger partial charge is 0.497 e. The molecule has 1 rings (SSSR count). The first-order chi connectivity index (χ1) is 12.4. The third-order valence-electron chi connectivity index (χ3n) is 4.24. The average Bonchev–Trinajstić information content (AvgIpc) is 2.62. The van der Waals surface area contributed by atoms with Crippen molar-refractivity contribution in [2.75, 3.05) is 33.9 Å². The van der Waals surface area contributed by atoms with Gasteiger partial charge >= 0.3 is 0 Å². The van der Waals surface area contributed by atoms with Gasteiger partial charge in [0.2, 0.25) is 0 Å². The molecule has 0 aliphatic rings. The third kappa shape index (κ3) is 7.12. The Morgan fingerprint density at radius 2 is 1.77 bits per heavy atom. The third-order valence-corrected chi connectivity index (χ3v) is 4.24. The van der Waals surface area contributed by atoms with Gasteiger partial charge in [-0.05, 0) is 46.8 Å². The summed E-state index contributed by atoms with van der Waals surface area (Å²) in [6.45, 7) is 14.2. The first-order valence-electron chi connectivity index (χ1n) is 9.41. The minimum atomic E-state index is 0.528. The maximum absolute atomic E-state index is 5.45. The van der Waals surface area contributed by atoms with Gasteiger partial charge in [-0.2, -0.15) is 0 Å². The first-order valence-corrected chi connectivity index (χ1v) is 9.41. The fraction of sp³-hybridized carbons (Fsp3) is 0.650. The maximum Gasteiger partial charge on any atom is 0.191 e. The summed E-state index contributed by atoms with van der Waals surface area (Å²) < 4.78 is 10.7. The van der Waals surface area contributed by atoms with Gasteiger partial charge in [0.25, 0.3) is 0 Å². The molecule has 0 atom stereocenters. The lowest BCUT2D eigenvalue weighted by molar-refractivity contribution is 0.178. The molecule has 0 bridgehead atoms. The topological polar surface area (TPSA) is 58.1 Å². The molecule has 1 aromatic carbocycles. The van der Waals surface area contributed by atoms with Gasteiger partial charge in [-0.25, -0.2) is 4.99 Å². The van der Waals surface area contributed by atoms with Crippen LogP contribution in [0.1, 0.15) is 40.2 Å². The monoisotopic (exact) mass is 364 g/mol. The van der Waals surface area contributed by atoms with Crippen molar-refractivity contribution in [3.63, 3.8) is 0 Å². The molecular weight excluding hydrogens is 328 g/mol. The second kappa shape index (κ2) is 11.6. The van der Waals surface area contributed by atoms with Gasteiger partial charge in [0.15, 0.2) is 5.96 Å². The predicted octanol–water partition coefficient (Wildman–Crippen LogP) is 2.88. The van der Waals surface area contributed by atoms with E-state index in [0.717, 1.165) is 42.7 Å². The van der Waals surface area contributed by atoms with Gasteiger partial charge < -0.3 is 20.1 Å². The van der Waals surface area contributed by atoms with E-state index in [-0.39, 0.29) is 0 Å². The summed E-state index contributed by atoms with van der Waals surface area (Å²) in [5, 5.41) is 6.72. The smallest absolute Gasteiger partial charge is 0.191 e. The van der Waals surface area contributed by atoms with Crippen molar-refractivity contribution in [2.45, 2.75) is 53.2 Å². The second-order valence-corrected chi connectivity index (χ2v) is 6.73. The van der Waals surface area contributed by atoms with E-state index in [9.17, 15) is 0 Å². The van der Waals surface area contributed by atoms with Crippen molar-refractivity contribution in [2.24, 2.45) is 4.99 Å². The number of methoxy groups -OCH3 is 2. The molecular formula is C20H36N4O2. The van der Waals surface area contributed by atoms with Crippen LogP contribution >= 0.6 is 0 Å². The number of hydrogen-bond acceptors (Lipinski definition) is 4. The van der Waals surface area contributed by atoms with Crippen LogP contribution in [0.5, 0.6) is 11.5 Å². The Morgan fingerprint density at radius 1 is 1.08 bits per heavy atom. The highest BCUT2D eigenvalue weighted by Crippen LogP contribution is 2.25. The highest BCUT2D eigenvalue weighted by atomic mass is 16.5. The lowest BCUT2D eigenvalue weighted by atomic mass is 10.2. The Hall–Kier alpha value is -1.95. The normalized spacial score (nSPS) is 12.0. The van der Waals surface area contributed by atoms with Crippen molar-refractivity contribution >= 4 is 5.96 Å². The number of nitrogens with one attached hydrogen (secondary N) is 2. The Bertz CT molecular complexity index is 551. The summed E-state index contributed by atoms with van der Waals surface area (Å²) in [4.78, 5) is 7.15. The zero-order valence-electron chi connectivity index (χ0n) is 17.4. The Morgan fingerprint density at radius 3 is 2.31 bits per heavy atom. The first kappa shape index (κ1) is 22.1. The molecule has 0 aliphatic heterocycles. The van der Waals surface area contributed by atoms with Gasteiger partial charge in [-0.1, -0.05) is 0 Å². The van der Waals surface area contributed by atoms with Gasteiger partial charge in [0.1, 0.15) is 11.5 Å². The van der Waals surface area contributed by atoms with Crippen molar-refractivity contribution < 1.29 is 9.47 Å². The lowest BCUT2D eigenvalue weighted by Gasteiger charge is -2.30. The lowest BCUT2D eigenvalue weighted by Crippen LogP contribution is -2.45. The molecule has 0 aliphatic carbocycles. The average molecular weight is 365 g/mol. The number of hydrogen-bond donors (Lipinski definition) is 2. The number of guanidine groups is 1. The molecule has 0 radical (unpaired) electrons. The van der Waals surface area contributed by atoms with Crippen LogP contribution in [0.2, 0.25) is 0 Å². The molecule has 0 aromatic heterocycles. The van der Waals surface area contributed by atoms with Crippen LogP contribution in [0.3, 0.4) is 0 Å². The summed E-state index contributed by atoms with van der Waals surface area (Å²) in [6.07, 6.45) is 0. The fourth-order valence-electron chi connectivity index (χ4n) is 2.90. The fourth-order valence-corrected chi connectivity index (χ4v) is 2.90. The van der Waals surface area contributed by atoms with E-state index >= 15 is 0 Å². The summed E-state index contributed by atoms with van der Waals surface area (Å²) in [6, 6.07) is 6.86. The Kier molecular flexibility index (Phi) is 9.88. The van der Waals surface area contributed by atoms with Crippen molar-refractivity contribution in [1.82, 2.24) is 15.5 Å². The molecule has 148 valence electrons. The SMILES string of the molecule is CCNC(=NCc1ccc(OC)cc1OC)NCCN(C(C)C)C(C)C. The van der Waals surface area contributed by atoms with E-state index in [0.29, 0.717) is 18.6 Å².